The molecule has 0 unspecified atom stereocenters. The van der Waals surface area contributed by atoms with Gasteiger partial charge in [0.1, 0.15) is 6.33 Å². The number of carbonyl (C=O) groups excluding carboxylic acids is 1. The first-order valence-electron chi connectivity index (χ1n) is 5.53. The first-order valence-corrected chi connectivity index (χ1v) is 6.51. The van der Waals surface area contributed by atoms with Crippen molar-refractivity contribution in [2.24, 2.45) is 7.05 Å². The Bertz CT molecular complexity index is 574. The lowest BCUT2D eigenvalue weighted by Gasteiger charge is -2.05. The number of hydrogen-bond donors (Lipinski definition) is 1. The number of carbonyl (C=O) groups is 1. The molecule has 1 N–H and O–H groups in total. The van der Waals surface area contributed by atoms with Gasteiger partial charge >= 0.3 is 0 Å². The summed E-state index contributed by atoms with van der Waals surface area (Å²) in [5.74, 6) is -0.440. The van der Waals surface area contributed by atoms with Crippen LogP contribution in [-0.2, 0) is 7.05 Å². The van der Waals surface area contributed by atoms with Gasteiger partial charge in [-0.1, -0.05) is 11.8 Å². The third-order valence-corrected chi connectivity index (χ3v) is 3.34. The van der Waals surface area contributed by atoms with Crippen LogP contribution in [0.4, 0.5) is 4.39 Å². The van der Waals surface area contributed by atoms with Gasteiger partial charge in [-0.05, 0) is 6.07 Å². The average Bonchev–Trinajstić information content (AvgIpc) is 2.80. The van der Waals surface area contributed by atoms with E-state index in [4.69, 9.17) is 0 Å². The molecule has 8 heteroatoms. The van der Waals surface area contributed by atoms with E-state index in [1.54, 1.807) is 10.9 Å². The maximum atomic E-state index is 13.3. The number of halogens is 1. The maximum Gasteiger partial charge on any atom is 0.254 e. The van der Waals surface area contributed by atoms with Crippen molar-refractivity contribution in [1.82, 2.24) is 25.1 Å². The highest BCUT2D eigenvalue weighted by Gasteiger charge is 2.10. The van der Waals surface area contributed by atoms with E-state index in [-0.39, 0.29) is 5.56 Å². The van der Waals surface area contributed by atoms with Gasteiger partial charge in [0.25, 0.3) is 5.91 Å². The molecule has 0 aromatic carbocycles. The molecule has 2 heterocycles. The van der Waals surface area contributed by atoms with Crippen molar-refractivity contribution in [2.75, 3.05) is 12.3 Å². The van der Waals surface area contributed by atoms with E-state index >= 15 is 0 Å². The van der Waals surface area contributed by atoms with Crippen LogP contribution in [0.2, 0.25) is 0 Å². The number of rotatable bonds is 5. The Morgan fingerprint density at radius 1 is 1.58 bits per heavy atom. The average molecular weight is 281 g/mol. The van der Waals surface area contributed by atoms with Crippen molar-refractivity contribution < 1.29 is 9.18 Å². The van der Waals surface area contributed by atoms with E-state index in [9.17, 15) is 9.18 Å². The highest BCUT2D eigenvalue weighted by Crippen LogP contribution is 2.12. The molecular weight excluding hydrogens is 269 g/mol. The highest BCUT2D eigenvalue weighted by atomic mass is 32.2. The van der Waals surface area contributed by atoms with E-state index in [1.807, 2.05) is 7.05 Å². The van der Waals surface area contributed by atoms with Crippen LogP contribution in [0.1, 0.15) is 10.4 Å². The minimum Gasteiger partial charge on any atom is -0.351 e. The van der Waals surface area contributed by atoms with E-state index in [1.165, 1.54) is 24.0 Å². The van der Waals surface area contributed by atoms with Crippen LogP contribution in [0.15, 0.2) is 29.9 Å². The van der Waals surface area contributed by atoms with Crippen LogP contribution in [0.25, 0.3) is 0 Å². The second kappa shape index (κ2) is 6.28. The van der Waals surface area contributed by atoms with Gasteiger partial charge in [0.15, 0.2) is 11.0 Å². The fourth-order valence-corrected chi connectivity index (χ4v) is 2.11. The van der Waals surface area contributed by atoms with E-state index < -0.39 is 11.7 Å². The van der Waals surface area contributed by atoms with Crippen molar-refractivity contribution in [2.45, 2.75) is 5.16 Å². The lowest BCUT2D eigenvalue weighted by atomic mass is 10.2. The molecule has 0 aliphatic heterocycles. The molecular formula is C11H12FN5OS. The van der Waals surface area contributed by atoms with E-state index in [2.05, 4.69) is 20.5 Å². The second-order valence-electron chi connectivity index (χ2n) is 3.68. The monoisotopic (exact) mass is 281 g/mol. The zero-order valence-corrected chi connectivity index (χ0v) is 11.0. The Morgan fingerprint density at radius 2 is 2.42 bits per heavy atom. The molecule has 0 fully saturated rings. The van der Waals surface area contributed by atoms with E-state index in [0.29, 0.717) is 12.3 Å². The first kappa shape index (κ1) is 13.5. The van der Waals surface area contributed by atoms with Gasteiger partial charge in [0, 0.05) is 25.5 Å². The summed E-state index contributed by atoms with van der Waals surface area (Å²) in [5, 5.41) is 11.0. The summed E-state index contributed by atoms with van der Waals surface area (Å²) in [4.78, 5) is 15.3. The summed E-state index contributed by atoms with van der Waals surface area (Å²) in [6.45, 7) is 0.415. The minimum atomic E-state index is -0.624. The third kappa shape index (κ3) is 3.50. The van der Waals surface area contributed by atoms with Gasteiger partial charge in [0.2, 0.25) is 0 Å². The van der Waals surface area contributed by atoms with Gasteiger partial charge in [0.05, 0.1) is 11.8 Å². The number of pyridine rings is 1. The zero-order valence-electron chi connectivity index (χ0n) is 10.2. The summed E-state index contributed by atoms with van der Waals surface area (Å²) < 4.78 is 15.1. The summed E-state index contributed by atoms with van der Waals surface area (Å²) in [5.41, 5.74) is -0.00124. The number of amides is 1. The number of nitrogens with zero attached hydrogens (tertiary/aromatic N) is 4. The topological polar surface area (TPSA) is 72.7 Å². The molecule has 0 aliphatic carbocycles. The van der Waals surface area contributed by atoms with Gasteiger partial charge in [-0.2, -0.15) is 0 Å². The number of aromatic nitrogens is 4. The Hall–Kier alpha value is -1.96. The van der Waals surface area contributed by atoms with Gasteiger partial charge in [-0.15, -0.1) is 10.2 Å². The molecule has 100 valence electrons. The molecule has 19 heavy (non-hydrogen) atoms. The molecule has 0 radical (unpaired) electrons. The Morgan fingerprint density at radius 3 is 3.11 bits per heavy atom. The Kier molecular flexibility index (Phi) is 4.45. The lowest BCUT2D eigenvalue weighted by Crippen LogP contribution is -2.26. The number of aryl methyl sites for hydroxylation is 1. The molecule has 6 nitrogen and oxygen atoms in total. The predicted octanol–water partition coefficient (Wildman–Crippen LogP) is 0.871. The molecule has 1 amide bonds. The molecule has 0 aliphatic rings. The van der Waals surface area contributed by atoms with Crippen molar-refractivity contribution in [1.29, 1.82) is 0 Å². The SMILES string of the molecule is Cn1cnnc1SCCNC(=O)c1ccncc1F. The Balaban J connectivity index is 1.79. The molecule has 0 saturated carbocycles. The molecule has 0 bridgehead atoms. The van der Waals surface area contributed by atoms with Crippen molar-refractivity contribution in [3.05, 3.63) is 36.2 Å². The Labute approximate surface area is 113 Å². The van der Waals surface area contributed by atoms with Crippen molar-refractivity contribution >= 4 is 17.7 Å². The zero-order chi connectivity index (χ0) is 13.7. The van der Waals surface area contributed by atoms with Crippen LogP contribution in [-0.4, -0.2) is 38.0 Å². The normalized spacial score (nSPS) is 10.4. The molecule has 0 atom stereocenters. The maximum absolute atomic E-state index is 13.3. The summed E-state index contributed by atoms with van der Waals surface area (Å²) in [7, 11) is 1.84. The summed E-state index contributed by atoms with van der Waals surface area (Å²) >= 11 is 1.46. The van der Waals surface area contributed by atoms with E-state index in [0.717, 1.165) is 11.4 Å². The van der Waals surface area contributed by atoms with Gasteiger partial charge in [-0.3, -0.25) is 9.78 Å². The second-order valence-corrected chi connectivity index (χ2v) is 4.75. The fourth-order valence-electron chi connectivity index (χ4n) is 1.36. The highest BCUT2D eigenvalue weighted by molar-refractivity contribution is 7.99. The third-order valence-electron chi connectivity index (χ3n) is 2.31. The molecule has 2 aromatic rings. The van der Waals surface area contributed by atoms with Gasteiger partial charge in [-0.25, -0.2) is 4.39 Å². The molecule has 0 saturated heterocycles. The standard InChI is InChI=1S/C11H12FN5OS/c1-17-7-15-16-11(17)19-5-4-14-10(18)8-2-3-13-6-9(8)12/h2-3,6-7H,4-5H2,1H3,(H,14,18). The molecule has 0 spiro atoms. The number of thioether (sulfide) groups is 1. The van der Waals surface area contributed by atoms with Gasteiger partial charge < -0.3 is 9.88 Å². The fraction of sp³-hybridized carbons (Fsp3) is 0.273. The first-order chi connectivity index (χ1) is 9.18. The largest absolute Gasteiger partial charge is 0.351 e. The minimum absolute atomic E-state index is 0.00124. The number of hydrogen-bond acceptors (Lipinski definition) is 5. The van der Waals surface area contributed by atoms with Crippen LogP contribution in [0.5, 0.6) is 0 Å². The summed E-state index contributed by atoms with van der Waals surface area (Å²) in [6.07, 6.45) is 4.00. The van der Waals surface area contributed by atoms with Crippen molar-refractivity contribution in [3.63, 3.8) is 0 Å². The quantitative estimate of drug-likeness (QED) is 0.650. The van der Waals surface area contributed by atoms with Crippen LogP contribution < -0.4 is 5.32 Å². The van der Waals surface area contributed by atoms with Crippen LogP contribution >= 0.6 is 11.8 Å². The smallest absolute Gasteiger partial charge is 0.254 e. The van der Waals surface area contributed by atoms with Crippen LogP contribution in [0, 0.1) is 5.82 Å². The number of nitrogens with one attached hydrogen (secondary N) is 1. The lowest BCUT2D eigenvalue weighted by molar-refractivity contribution is 0.0952. The van der Waals surface area contributed by atoms with Crippen LogP contribution in [0.3, 0.4) is 0 Å². The van der Waals surface area contributed by atoms with Crippen molar-refractivity contribution in [3.8, 4) is 0 Å². The molecule has 2 rings (SSSR count). The predicted molar refractivity (Wildman–Crippen MR) is 68.3 cm³/mol. The summed E-state index contributed by atoms with van der Waals surface area (Å²) in [6, 6.07) is 1.35. The molecule has 2 aromatic heterocycles.